The average molecular weight is 321 g/mol. The predicted molar refractivity (Wildman–Crippen MR) is 86.5 cm³/mol. The summed E-state index contributed by atoms with van der Waals surface area (Å²) < 4.78 is 17.9. The van der Waals surface area contributed by atoms with Crippen molar-refractivity contribution in [2.45, 2.75) is 33.3 Å². The van der Waals surface area contributed by atoms with E-state index in [0.717, 1.165) is 26.2 Å². The third-order valence-electron chi connectivity index (χ3n) is 3.10. The highest BCUT2D eigenvalue weighted by Crippen LogP contribution is 2.10. The summed E-state index contributed by atoms with van der Waals surface area (Å²) in [6.45, 7) is 10.6. The zero-order valence-electron chi connectivity index (χ0n) is 14.1. The van der Waals surface area contributed by atoms with Crippen molar-refractivity contribution in [3.8, 4) is 6.07 Å². The van der Waals surface area contributed by atoms with Gasteiger partial charge in [-0.1, -0.05) is 12.1 Å². The number of hydrogen-bond donors (Lipinski definition) is 1. The van der Waals surface area contributed by atoms with Gasteiger partial charge in [0.05, 0.1) is 5.56 Å². The van der Waals surface area contributed by atoms with Gasteiger partial charge in [0.2, 0.25) is 0 Å². The van der Waals surface area contributed by atoms with Gasteiger partial charge >= 0.3 is 6.09 Å². The van der Waals surface area contributed by atoms with Crippen molar-refractivity contribution >= 4 is 6.09 Å². The summed E-state index contributed by atoms with van der Waals surface area (Å²) in [6, 6.07) is 6.37. The number of benzene rings is 1. The van der Waals surface area contributed by atoms with Crippen LogP contribution in [0.15, 0.2) is 18.2 Å². The van der Waals surface area contributed by atoms with Gasteiger partial charge in [0, 0.05) is 26.2 Å². The normalized spacial score (nSPS) is 14.3. The Kier molecular flexibility index (Phi) is 6.98. The van der Waals surface area contributed by atoms with E-state index < -0.39 is 5.82 Å². The molecule has 6 heteroatoms. The summed E-state index contributed by atoms with van der Waals surface area (Å²) in [4.78, 5) is 13.2. The molecule has 0 aromatic heterocycles. The standard InChI is InChI=1S/C9H18N2O2.C8H6FN/c1-9(2,3)13-8(12)11-6-4-10-5-7-11;1-6-3-2-4-8(9)7(6)5-10/h10H,4-7H2,1-3H3;2-4H,1H3. The Bertz CT molecular complexity index is 550. The number of ether oxygens (including phenoxy) is 1. The van der Waals surface area contributed by atoms with Crippen LogP contribution in [0.3, 0.4) is 0 Å². The molecule has 0 bridgehead atoms. The Hall–Kier alpha value is -2.13. The van der Waals surface area contributed by atoms with Gasteiger partial charge in [0.15, 0.2) is 0 Å². The molecular formula is C17H24FN3O2. The first kappa shape index (κ1) is 18.9. The smallest absolute Gasteiger partial charge is 0.410 e. The van der Waals surface area contributed by atoms with E-state index in [1.807, 2.05) is 20.8 Å². The predicted octanol–water partition coefficient (Wildman–Crippen LogP) is 2.83. The first-order valence-electron chi connectivity index (χ1n) is 7.58. The van der Waals surface area contributed by atoms with Crippen LogP contribution in [0.25, 0.3) is 0 Å². The highest BCUT2D eigenvalue weighted by molar-refractivity contribution is 5.68. The molecule has 1 heterocycles. The molecule has 5 nitrogen and oxygen atoms in total. The van der Waals surface area contributed by atoms with Crippen molar-refractivity contribution < 1.29 is 13.9 Å². The van der Waals surface area contributed by atoms with Crippen LogP contribution in [-0.4, -0.2) is 42.8 Å². The second-order valence-corrected chi connectivity index (χ2v) is 6.26. The Labute approximate surface area is 137 Å². The third-order valence-corrected chi connectivity index (χ3v) is 3.10. The molecule has 0 radical (unpaired) electrons. The third kappa shape index (κ3) is 6.66. The average Bonchev–Trinajstić information content (AvgIpc) is 2.47. The molecule has 23 heavy (non-hydrogen) atoms. The van der Waals surface area contributed by atoms with E-state index in [2.05, 4.69) is 5.32 Å². The molecule has 1 aliphatic rings. The molecule has 0 saturated carbocycles. The molecule has 1 N–H and O–H groups in total. The van der Waals surface area contributed by atoms with Gasteiger partial charge in [0.1, 0.15) is 17.5 Å². The van der Waals surface area contributed by atoms with E-state index in [-0.39, 0.29) is 17.3 Å². The van der Waals surface area contributed by atoms with E-state index in [0.29, 0.717) is 5.56 Å². The number of halogens is 1. The molecular weight excluding hydrogens is 297 g/mol. The molecule has 1 amide bonds. The molecule has 1 saturated heterocycles. The molecule has 0 aliphatic carbocycles. The van der Waals surface area contributed by atoms with Gasteiger partial charge in [-0.05, 0) is 39.3 Å². The number of nitriles is 1. The molecule has 2 rings (SSSR count). The number of nitrogens with zero attached hydrogens (tertiary/aromatic N) is 2. The van der Waals surface area contributed by atoms with E-state index in [9.17, 15) is 9.18 Å². The zero-order chi connectivity index (χ0) is 17.5. The maximum absolute atomic E-state index is 12.6. The number of carbonyl (C=O) groups excluding carboxylic acids is 1. The number of amides is 1. The number of hydrogen-bond acceptors (Lipinski definition) is 4. The maximum Gasteiger partial charge on any atom is 0.410 e. The lowest BCUT2D eigenvalue weighted by molar-refractivity contribution is 0.0229. The molecule has 0 atom stereocenters. The van der Waals surface area contributed by atoms with Crippen LogP contribution in [-0.2, 0) is 4.74 Å². The summed E-state index contributed by atoms with van der Waals surface area (Å²) in [7, 11) is 0. The molecule has 126 valence electrons. The van der Waals surface area contributed by atoms with Gasteiger partial charge in [0.25, 0.3) is 0 Å². The van der Waals surface area contributed by atoms with Crippen molar-refractivity contribution in [2.24, 2.45) is 0 Å². The van der Waals surface area contributed by atoms with Crippen LogP contribution in [0.2, 0.25) is 0 Å². The van der Waals surface area contributed by atoms with Gasteiger partial charge in [-0.25, -0.2) is 9.18 Å². The SMILES string of the molecule is CC(C)(C)OC(=O)N1CCNCC1.Cc1cccc(F)c1C#N. The minimum atomic E-state index is -0.442. The molecule has 1 aromatic rings. The Morgan fingerprint density at radius 2 is 1.96 bits per heavy atom. The summed E-state index contributed by atoms with van der Waals surface area (Å²) in [6.07, 6.45) is -0.200. The number of piperazine rings is 1. The van der Waals surface area contributed by atoms with E-state index in [4.69, 9.17) is 10.00 Å². The van der Waals surface area contributed by atoms with E-state index in [1.165, 1.54) is 6.07 Å². The highest BCUT2D eigenvalue weighted by Gasteiger charge is 2.22. The summed E-state index contributed by atoms with van der Waals surface area (Å²) in [5.74, 6) is -0.442. The number of rotatable bonds is 0. The second-order valence-electron chi connectivity index (χ2n) is 6.26. The Balaban J connectivity index is 0.000000238. The molecule has 1 aliphatic heterocycles. The van der Waals surface area contributed by atoms with Crippen molar-refractivity contribution in [1.29, 1.82) is 5.26 Å². The zero-order valence-corrected chi connectivity index (χ0v) is 14.1. The van der Waals surface area contributed by atoms with Gasteiger partial charge < -0.3 is 15.0 Å². The van der Waals surface area contributed by atoms with Crippen LogP contribution < -0.4 is 5.32 Å². The monoisotopic (exact) mass is 321 g/mol. The fourth-order valence-corrected chi connectivity index (χ4v) is 1.95. The van der Waals surface area contributed by atoms with Crippen LogP contribution >= 0.6 is 0 Å². The number of aryl methyl sites for hydroxylation is 1. The van der Waals surface area contributed by atoms with Crippen molar-refractivity contribution in [3.63, 3.8) is 0 Å². The van der Waals surface area contributed by atoms with Crippen molar-refractivity contribution in [2.75, 3.05) is 26.2 Å². The quantitative estimate of drug-likeness (QED) is 0.798. The first-order valence-corrected chi connectivity index (χ1v) is 7.58. The first-order chi connectivity index (χ1) is 10.7. The van der Waals surface area contributed by atoms with E-state index >= 15 is 0 Å². The van der Waals surface area contributed by atoms with Crippen molar-refractivity contribution in [3.05, 3.63) is 35.1 Å². The topological polar surface area (TPSA) is 65.4 Å². The van der Waals surface area contributed by atoms with Crippen LogP contribution in [0.5, 0.6) is 0 Å². The Morgan fingerprint density at radius 3 is 2.39 bits per heavy atom. The molecule has 1 aromatic carbocycles. The van der Waals surface area contributed by atoms with Gasteiger partial charge in [-0.15, -0.1) is 0 Å². The maximum atomic E-state index is 12.6. The summed E-state index contributed by atoms with van der Waals surface area (Å²) >= 11 is 0. The van der Waals surface area contributed by atoms with E-state index in [1.54, 1.807) is 30.0 Å². The molecule has 0 unspecified atom stereocenters. The van der Waals surface area contributed by atoms with Crippen molar-refractivity contribution in [1.82, 2.24) is 10.2 Å². The molecule has 1 fully saturated rings. The largest absolute Gasteiger partial charge is 0.444 e. The number of nitrogens with one attached hydrogen (secondary N) is 1. The van der Waals surface area contributed by atoms with Crippen LogP contribution in [0, 0.1) is 24.1 Å². The summed E-state index contributed by atoms with van der Waals surface area (Å²) in [5.41, 5.74) is 0.437. The molecule has 0 spiro atoms. The second kappa shape index (κ2) is 8.49. The lowest BCUT2D eigenvalue weighted by Crippen LogP contribution is -2.48. The lowest BCUT2D eigenvalue weighted by Gasteiger charge is -2.30. The fourth-order valence-electron chi connectivity index (χ4n) is 1.95. The lowest BCUT2D eigenvalue weighted by atomic mass is 10.1. The van der Waals surface area contributed by atoms with Gasteiger partial charge in [-0.2, -0.15) is 5.26 Å². The number of carbonyl (C=O) groups is 1. The van der Waals surface area contributed by atoms with Crippen LogP contribution in [0.1, 0.15) is 31.9 Å². The van der Waals surface area contributed by atoms with Crippen LogP contribution in [0.4, 0.5) is 9.18 Å². The minimum absolute atomic E-state index is 0.141. The summed E-state index contributed by atoms with van der Waals surface area (Å²) in [5, 5.41) is 11.6. The Morgan fingerprint density at radius 1 is 1.35 bits per heavy atom. The highest BCUT2D eigenvalue weighted by atomic mass is 19.1. The van der Waals surface area contributed by atoms with Gasteiger partial charge in [-0.3, -0.25) is 0 Å². The fraction of sp³-hybridized carbons (Fsp3) is 0.529. The minimum Gasteiger partial charge on any atom is -0.444 e.